The van der Waals surface area contributed by atoms with E-state index in [9.17, 15) is 4.39 Å². The molecule has 0 aliphatic rings. The monoisotopic (exact) mass is 291 g/mol. The SMILES string of the molecule is CCn1c(/N=C/c2ccc(F)cc2)c(C#N)sc1=S. The number of nitrogens with zero attached hydrogens (tertiary/aromatic N) is 3. The molecule has 0 radical (unpaired) electrons. The molecule has 0 amide bonds. The number of halogens is 1. The minimum Gasteiger partial charge on any atom is -0.307 e. The average molecular weight is 291 g/mol. The molecule has 2 aromatic rings. The van der Waals surface area contributed by atoms with Crippen molar-refractivity contribution in [2.24, 2.45) is 4.99 Å². The summed E-state index contributed by atoms with van der Waals surface area (Å²) >= 11 is 6.43. The first kappa shape index (κ1) is 13.6. The molecular formula is C13H10FN3S2. The molecule has 2 rings (SSSR count). The molecule has 0 spiro atoms. The Morgan fingerprint density at radius 2 is 2.16 bits per heavy atom. The van der Waals surface area contributed by atoms with Gasteiger partial charge in [0, 0.05) is 12.8 Å². The number of thiazole rings is 1. The third-order valence-corrected chi connectivity index (χ3v) is 3.84. The van der Waals surface area contributed by atoms with Crippen LogP contribution in [0, 0.1) is 21.1 Å². The lowest BCUT2D eigenvalue weighted by atomic mass is 10.2. The highest BCUT2D eigenvalue weighted by atomic mass is 32.1. The zero-order valence-corrected chi connectivity index (χ0v) is 11.8. The maximum absolute atomic E-state index is 12.8. The molecule has 0 unspecified atom stereocenters. The second-order valence-electron chi connectivity index (χ2n) is 3.69. The first-order chi connectivity index (χ1) is 9.15. The van der Waals surface area contributed by atoms with Gasteiger partial charge in [-0.25, -0.2) is 9.38 Å². The van der Waals surface area contributed by atoms with Crippen molar-refractivity contribution in [2.45, 2.75) is 13.5 Å². The molecule has 0 aliphatic heterocycles. The molecule has 0 fully saturated rings. The number of aliphatic imine (C=N–C) groups is 1. The van der Waals surface area contributed by atoms with Crippen LogP contribution in [0.1, 0.15) is 17.4 Å². The van der Waals surface area contributed by atoms with E-state index in [0.717, 1.165) is 5.56 Å². The fourth-order valence-electron chi connectivity index (χ4n) is 1.56. The van der Waals surface area contributed by atoms with E-state index in [1.807, 2.05) is 6.92 Å². The van der Waals surface area contributed by atoms with Crippen LogP contribution in [0.25, 0.3) is 0 Å². The van der Waals surface area contributed by atoms with Crippen LogP contribution in [-0.4, -0.2) is 10.8 Å². The third kappa shape index (κ3) is 2.95. The van der Waals surface area contributed by atoms with Gasteiger partial charge in [-0.2, -0.15) is 5.26 Å². The lowest BCUT2D eigenvalue weighted by Gasteiger charge is -2.00. The molecule has 0 saturated heterocycles. The largest absolute Gasteiger partial charge is 0.307 e. The zero-order chi connectivity index (χ0) is 13.8. The first-order valence-electron chi connectivity index (χ1n) is 5.59. The summed E-state index contributed by atoms with van der Waals surface area (Å²) in [5.74, 6) is 0.270. The highest BCUT2D eigenvalue weighted by Crippen LogP contribution is 2.26. The molecule has 0 atom stereocenters. The summed E-state index contributed by atoms with van der Waals surface area (Å²) in [5.41, 5.74) is 0.769. The molecule has 1 aromatic carbocycles. The normalized spacial score (nSPS) is 10.8. The average Bonchev–Trinajstić information content (AvgIpc) is 2.73. The second-order valence-corrected chi connectivity index (χ2v) is 5.33. The first-order valence-corrected chi connectivity index (χ1v) is 6.81. The van der Waals surface area contributed by atoms with Crippen molar-refractivity contribution in [2.75, 3.05) is 0 Å². The van der Waals surface area contributed by atoms with Crippen molar-refractivity contribution in [3.8, 4) is 6.07 Å². The Labute approximate surface area is 119 Å². The standard InChI is InChI=1S/C13H10FN3S2/c1-2-17-12(11(7-15)19-13(17)18)16-8-9-3-5-10(14)6-4-9/h3-6,8H,2H2,1H3/b16-8+. The van der Waals surface area contributed by atoms with E-state index in [2.05, 4.69) is 11.1 Å². The van der Waals surface area contributed by atoms with Gasteiger partial charge >= 0.3 is 0 Å². The van der Waals surface area contributed by atoms with Gasteiger partial charge < -0.3 is 4.57 Å². The maximum atomic E-state index is 12.8. The molecule has 6 heteroatoms. The zero-order valence-electron chi connectivity index (χ0n) is 10.1. The van der Waals surface area contributed by atoms with Gasteiger partial charge in [-0.1, -0.05) is 23.5 Å². The van der Waals surface area contributed by atoms with Gasteiger partial charge in [0.25, 0.3) is 0 Å². The Kier molecular flexibility index (Phi) is 4.20. The highest BCUT2D eigenvalue weighted by Gasteiger charge is 2.09. The summed E-state index contributed by atoms with van der Waals surface area (Å²) < 4.78 is 15.2. The molecule has 0 bridgehead atoms. The van der Waals surface area contributed by atoms with Crippen LogP contribution in [0.4, 0.5) is 10.2 Å². The van der Waals surface area contributed by atoms with E-state index in [1.165, 1.54) is 23.5 Å². The van der Waals surface area contributed by atoms with Gasteiger partial charge in [-0.15, -0.1) is 0 Å². The molecule has 96 valence electrons. The molecule has 1 aromatic heterocycles. The van der Waals surface area contributed by atoms with Crippen molar-refractivity contribution in [3.63, 3.8) is 0 Å². The molecular weight excluding hydrogens is 281 g/mol. The van der Waals surface area contributed by atoms with Gasteiger partial charge in [-0.3, -0.25) is 0 Å². The van der Waals surface area contributed by atoms with E-state index in [1.54, 1.807) is 22.9 Å². The number of rotatable bonds is 3. The second kappa shape index (κ2) is 5.87. The summed E-state index contributed by atoms with van der Waals surface area (Å²) in [6.45, 7) is 2.60. The number of aromatic nitrogens is 1. The summed E-state index contributed by atoms with van der Waals surface area (Å²) in [6, 6.07) is 8.08. The number of hydrogen-bond acceptors (Lipinski definition) is 4. The van der Waals surface area contributed by atoms with Crippen LogP contribution in [0.5, 0.6) is 0 Å². The Hall–Kier alpha value is -1.84. The molecule has 19 heavy (non-hydrogen) atoms. The summed E-state index contributed by atoms with van der Waals surface area (Å²) in [4.78, 5) is 4.80. The minimum absolute atomic E-state index is 0.290. The summed E-state index contributed by atoms with van der Waals surface area (Å²) in [6.07, 6.45) is 1.60. The van der Waals surface area contributed by atoms with Gasteiger partial charge in [0.1, 0.15) is 11.9 Å². The predicted molar refractivity (Wildman–Crippen MR) is 77.2 cm³/mol. The van der Waals surface area contributed by atoms with Gasteiger partial charge in [0.15, 0.2) is 14.6 Å². The number of nitriles is 1. The molecule has 3 nitrogen and oxygen atoms in total. The van der Waals surface area contributed by atoms with Gasteiger partial charge in [0.05, 0.1) is 0 Å². The van der Waals surface area contributed by atoms with Gasteiger partial charge in [-0.05, 0) is 36.8 Å². The Morgan fingerprint density at radius 3 is 2.74 bits per heavy atom. The van der Waals surface area contributed by atoms with Crippen molar-refractivity contribution in [1.29, 1.82) is 5.26 Å². The van der Waals surface area contributed by atoms with Crippen molar-refractivity contribution >= 4 is 35.6 Å². The van der Waals surface area contributed by atoms with Crippen molar-refractivity contribution in [3.05, 3.63) is 44.5 Å². The molecule has 0 N–H and O–H groups in total. The third-order valence-electron chi connectivity index (χ3n) is 2.49. The lowest BCUT2D eigenvalue weighted by molar-refractivity contribution is 0.628. The Morgan fingerprint density at radius 1 is 1.47 bits per heavy atom. The van der Waals surface area contributed by atoms with E-state index in [-0.39, 0.29) is 5.82 Å². The molecule has 0 aliphatic carbocycles. The van der Waals surface area contributed by atoms with Crippen molar-refractivity contribution < 1.29 is 4.39 Å². The topological polar surface area (TPSA) is 41.1 Å². The fourth-order valence-corrected chi connectivity index (χ4v) is 2.83. The minimum atomic E-state index is -0.290. The lowest BCUT2D eigenvalue weighted by Crippen LogP contribution is -1.93. The highest BCUT2D eigenvalue weighted by molar-refractivity contribution is 7.73. The number of hydrogen-bond donors (Lipinski definition) is 0. The van der Waals surface area contributed by atoms with Crippen LogP contribution in [0.2, 0.25) is 0 Å². The van der Waals surface area contributed by atoms with E-state index < -0.39 is 0 Å². The Bertz CT molecular complexity index is 705. The quantitative estimate of drug-likeness (QED) is 0.632. The number of benzene rings is 1. The predicted octanol–water partition coefficient (Wildman–Crippen LogP) is 4.06. The van der Waals surface area contributed by atoms with Crippen LogP contribution in [0.15, 0.2) is 29.3 Å². The van der Waals surface area contributed by atoms with Gasteiger partial charge in [0.2, 0.25) is 0 Å². The molecule has 1 heterocycles. The summed E-state index contributed by atoms with van der Waals surface area (Å²) in [7, 11) is 0. The van der Waals surface area contributed by atoms with E-state index in [0.29, 0.717) is 21.2 Å². The van der Waals surface area contributed by atoms with Crippen LogP contribution in [-0.2, 0) is 6.54 Å². The Balaban J connectivity index is 2.40. The fraction of sp³-hybridized carbons (Fsp3) is 0.154. The summed E-state index contributed by atoms with van der Waals surface area (Å²) in [5, 5.41) is 9.06. The maximum Gasteiger partial charge on any atom is 0.164 e. The molecule has 0 saturated carbocycles. The van der Waals surface area contributed by atoms with E-state index in [4.69, 9.17) is 17.5 Å². The smallest absolute Gasteiger partial charge is 0.164 e. The van der Waals surface area contributed by atoms with Crippen LogP contribution in [0.3, 0.4) is 0 Å². The van der Waals surface area contributed by atoms with Crippen molar-refractivity contribution in [1.82, 2.24) is 4.57 Å². The van der Waals surface area contributed by atoms with Crippen LogP contribution < -0.4 is 0 Å². The van der Waals surface area contributed by atoms with Crippen LogP contribution >= 0.6 is 23.6 Å². The van der Waals surface area contributed by atoms with E-state index >= 15 is 0 Å².